The number of ether oxygens (including phenoxy) is 1. The molecular formula is C20H20N2O5. The molecule has 140 valence electrons. The predicted molar refractivity (Wildman–Crippen MR) is 95.5 cm³/mol. The molecule has 0 unspecified atom stereocenters. The molecule has 1 N–H and O–H groups in total. The Kier molecular flexibility index (Phi) is 4.30. The summed E-state index contributed by atoms with van der Waals surface area (Å²) in [6, 6.07) is 6.31. The van der Waals surface area contributed by atoms with Gasteiger partial charge in [-0.15, -0.1) is 0 Å². The van der Waals surface area contributed by atoms with Crippen LogP contribution < -0.4 is 5.32 Å². The summed E-state index contributed by atoms with van der Waals surface area (Å²) in [7, 11) is 1.30. The van der Waals surface area contributed by atoms with Crippen LogP contribution in [0.25, 0.3) is 0 Å². The van der Waals surface area contributed by atoms with Crippen molar-refractivity contribution in [3.05, 3.63) is 42.0 Å². The summed E-state index contributed by atoms with van der Waals surface area (Å²) in [5.74, 6) is -1.16. The third kappa shape index (κ3) is 2.93. The van der Waals surface area contributed by atoms with Gasteiger partial charge in [0.2, 0.25) is 17.7 Å². The number of rotatable bonds is 5. The molecule has 1 aliphatic heterocycles. The zero-order valence-corrected chi connectivity index (χ0v) is 14.9. The molecule has 4 atom stereocenters. The number of benzene rings is 1. The maximum absolute atomic E-state index is 12.6. The standard InChI is InChI=1S/C20H20N2O5/c1-27-20(26)11-4-6-14(7-5-11)21-15(23)8-9-22-18(24)16-12-2-3-13(10-12)17(16)19(22)25/h2-7,12-13,16-17H,8-10H2,1H3,(H,21,23)/t12-,13-,16-,17+/m0/s1. The zero-order chi connectivity index (χ0) is 19.1. The molecule has 1 saturated heterocycles. The number of likely N-dealkylation sites (tertiary alicyclic amines) is 1. The first-order chi connectivity index (χ1) is 13.0. The number of esters is 1. The molecule has 2 bridgehead atoms. The molecule has 7 heteroatoms. The highest BCUT2D eigenvalue weighted by Crippen LogP contribution is 2.52. The molecule has 2 fully saturated rings. The fraction of sp³-hybridized carbons (Fsp3) is 0.400. The third-order valence-electron chi connectivity index (χ3n) is 5.71. The number of allylic oxidation sites excluding steroid dienone is 2. The average Bonchev–Trinajstić information content (AvgIpc) is 3.35. The van der Waals surface area contributed by atoms with Crippen LogP contribution in [0.3, 0.4) is 0 Å². The summed E-state index contributed by atoms with van der Waals surface area (Å²) >= 11 is 0. The van der Waals surface area contributed by atoms with Gasteiger partial charge in [0, 0.05) is 18.7 Å². The average molecular weight is 368 g/mol. The van der Waals surface area contributed by atoms with E-state index in [1.54, 1.807) is 24.3 Å². The van der Waals surface area contributed by atoms with Crippen LogP contribution in [0, 0.1) is 23.7 Å². The number of hydrogen-bond donors (Lipinski definition) is 1. The number of anilines is 1. The Balaban J connectivity index is 1.33. The van der Waals surface area contributed by atoms with E-state index in [-0.39, 0.29) is 54.4 Å². The second-order valence-electron chi connectivity index (χ2n) is 7.20. The van der Waals surface area contributed by atoms with Crippen molar-refractivity contribution in [1.29, 1.82) is 0 Å². The van der Waals surface area contributed by atoms with Crippen LogP contribution in [0.1, 0.15) is 23.2 Å². The Bertz CT molecular complexity index is 814. The zero-order valence-electron chi connectivity index (χ0n) is 14.9. The van der Waals surface area contributed by atoms with E-state index in [1.165, 1.54) is 12.0 Å². The van der Waals surface area contributed by atoms with Gasteiger partial charge in [0.25, 0.3) is 0 Å². The van der Waals surface area contributed by atoms with Crippen molar-refractivity contribution < 1.29 is 23.9 Å². The van der Waals surface area contributed by atoms with E-state index in [0.29, 0.717) is 11.3 Å². The van der Waals surface area contributed by atoms with E-state index in [0.717, 1.165) is 6.42 Å². The van der Waals surface area contributed by atoms with Crippen molar-refractivity contribution in [2.24, 2.45) is 23.7 Å². The van der Waals surface area contributed by atoms with Gasteiger partial charge in [-0.05, 0) is 42.5 Å². The Morgan fingerprint density at radius 3 is 2.22 bits per heavy atom. The van der Waals surface area contributed by atoms with Gasteiger partial charge in [0.15, 0.2) is 0 Å². The molecule has 0 radical (unpaired) electrons. The fourth-order valence-corrected chi connectivity index (χ4v) is 4.43. The van der Waals surface area contributed by atoms with Crippen molar-refractivity contribution in [2.75, 3.05) is 19.0 Å². The van der Waals surface area contributed by atoms with Crippen LogP contribution in [-0.4, -0.2) is 42.2 Å². The number of amides is 3. The van der Waals surface area contributed by atoms with Gasteiger partial charge in [-0.1, -0.05) is 12.2 Å². The molecule has 0 aromatic heterocycles. The molecule has 1 aromatic rings. The monoisotopic (exact) mass is 368 g/mol. The van der Waals surface area contributed by atoms with Gasteiger partial charge in [0.1, 0.15) is 0 Å². The van der Waals surface area contributed by atoms with Gasteiger partial charge < -0.3 is 10.1 Å². The van der Waals surface area contributed by atoms with Crippen LogP contribution in [0.5, 0.6) is 0 Å². The summed E-state index contributed by atoms with van der Waals surface area (Å²) in [5.41, 5.74) is 0.921. The lowest BCUT2D eigenvalue weighted by Crippen LogP contribution is -2.35. The van der Waals surface area contributed by atoms with E-state index in [2.05, 4.69) is 10.1 Å². The van der Waals surface area contributed by atoms with Crippen LogP contribution in [0.2, 0.25) is 0 Å². The van der Waals surface area contributed by atoms with E-state index < -0.39 is 5.97 Å². The molecule has 3 amide bonds. The number of methoxy groups -OCH3 is 1. The maximum Gasteiger partial charge on any atom is 0.337 e. The van der Waals surface area contributed by atoms with E-state index in [1.807, 2.05) is 12.2 Å². The number of fused-ring (bicyclic) bond motifs is 5. The second kappa shape index (κ2) is 6.64. The number of nitrogens with zero attached hydrogens (tertiary/aromatic N) is 1. The predicted octanol–water partition coefficient (Wildman–Crippen LogP) is 1.61. The molecule has 27 heavy (non-hydrogen) atoms. The number of nitrogens with one attached hydrogen (secondary N) is 1. The van der Waals surface area contributed by atoms with Crippen molar-refractivity contribution in [3.8, 4) is 0 Å². The van der Waals surface area contributed by atoms with Gasteiger partial charge in [-0.2, -0.15) is 0 Å². The van der Waals surface area contributed by atoms with Crippen LogP contribution in [-0.2, 0) is 19.1 Å². The highest BCUT2D eigenvalue weighted by molar-refractivity contribution is 6.06. The highest BCUT2D eigenvalue weighted by Gasteiger charge is 2.58. The number of carbonyl (C=O) groups excluding carboxylic acids is 4. The lowest BCUT2D eigenvalue weighted by Gasteiger charge is -2.17. The SMILES string of the molecule is COC(=O)c1ccc(NC(=O)CCN2C(=O)[C@@H]3[C@H](C2=O)[C@H]2C=C[C@H]3C2)cc1. The molecule has 1 heterocycles. The number of imide groups is 1. The van der Waals surface area contributed by atoms with E-state index >= 15 is 0 Å². The molecule has 3 aliphatic rings. The normalized spacial score (nSPS) is 27.8. The molecular weight excluding hydrogens is 348 g/mol. The number of hydrogen-bond acceptors (Lipinski definition) is 5. The minimum absolute atomic E-state index is 0.0401. The summed E-state index contributed by atoms with van der Waals surface area (Å²) in [6.45, 7) is 0.0934. The molecule has 0 spiro atoms. The molecule has 1 aromatic carbocycles. The smallest absolute Gasteiger partial charge is 0.337 e. The topological polar surface area (TPSA) is 92.8 Å². The Labute approximate surface area is 156 Å². The Morgan fingerprint density at radius 2 is 1.67 bits per heavy atom. The fourth-order valence-electron chi connectivity index (χ4n) is 4.43. The first-order valence-electron chi connectivity index (χ1n) is 9.01. The third-order valence-corrected chi connectivity index (χ3v) is 5.71. The van der Waals surface area contributed by atoms with Crippen molar-refractivity contribution in [2.45, 2.75) is 12.8 Å². The van der Waals surface area contributed by atoms with Crippen LogP contribution in [0.15, 0.2) is 36.4 Å². The second-order valence-corrected chi connectivity index (χ2v) is 7.20. The minimum atomic E-state index is -0.451. The molecule has 1 saturated carbocycles. The molecule has 2 aliphatic carbocycles. The quantitative estimate of drug-likeness (QED) is 0.484. The van der Waals surface area contributed by atoms with Crippen LogP contribution >= 0.6 is 0 Å². The lowest BCUT2D eigenvalue weighted by molar-refractivity contribution is -0.140. The molecule has 4 rings (SSSR count). The van der Waals surface area contributed by atoms with Crippen molar-refractivity contribution in [3.63, 3.8) is 0 Å². The Hall–Kier alpha value is -2.96. The van der Waals surface area contributed by atoms with Crippen molar-refractivity contribution in [1.82, 2.24) is 4.90 Å². The minimum Gasteiger partial charge on any atom is -0.465 e. The largest absolute Gasteiger partial charge is 0.465 e. The Morgan fingerprint density at radius 1 is 1.07 bits per heavy atom. The van der Waals surface area contributed by atoms with Gasteiger partial charge in [-0.3, -0.25) is 19.3 Å². The van der Waals surface area contributed by atoms with E-state index in [9.17, 15) is 19.2 Å². The van der Waals surface area contributed by atoms with E-state index in [4.69, 9.17) is 0 Å². The summed E-state index contributed by atoms with van der Waals surface area (Å²) in [6.07, 6.45) is 5.03. The number of carbonyl (C=O) groups is 4. The lowest BCUT2D eigenvalue weighted by atomic mass is 9.85. The summed E-state index contributed by atoms with van der Waals surface area (Å²) in [5, 5.41) is 2.71. The van der Waals surface area contributed by atoms with Gasteiger partial charge >= 0.3 is 5.97 Å². The van der Waals surface area contributed by atoms with Crippen molar-refractivity contribution >= 4 is 29.4 Å². The maximum atomic E-state index is 12.6. The van der Waals surface area contributed by atoms with Crippen LogP contribution in [0.4, 0.5) is 5.69 Å². The van der Waals surface area contributed by atoms with Gasteiger partial charge in [-0.25, -0.2) is 4.79 Å². The first kappa shape index (κ1) is 17.5. The first-order valence-corrected chi connectivity index (χ1v) is 9.01. The summed E-state index contributed by atoms with van der Waals surface area (Å²) in [4.78, 5) is 50.0. The van der Waals surface area contributed by atoms with Gasteiger partial charge in [0.05, 0.1) is 24.5 Å². The molecule has 7 nitrogen and oxygen atoms in total. The highest BCUT2D eigenvalue weighted by atomic mass is 16.5. The summed E-state index contributed by atoms with van der Waals surface area (Å²) < 4.78 is 4.62.